The van der Waals surface area contributed by atoms with Crippen molar-refractivity contribution in [3.05, 3.63) is 59.7 Å². The van der Waals surface area contributed by atoms with Crippen LogP contribution in [-0.2, 0) is 11.3 Å². The topological polar surface area (TPSA) is 54.4 Å². The number of ether oxygens (including phenoxy) is 3. The number of piperidine rings is 1. The largest absolute Gasteiger partial charge is 0.492 e. The smallest absolute Gasteiger partial charge is 0.134 e. The van der Waals surface area contributed by atoms with Crippen LogP contribution in [0.3, 0.4) is 0 Å². The summed E-state index contributed by atoms with van der Waals surface area (Å²) < 4.78 is 17.5. The summed E-state index contributed by atoms with van der Waals surface area (Å²) in [6.07, 6.45) is 3.98. The Morgan fingerprint density at radius 3 is 2.33 bits per heavy atom. The molecule has 2 aromatic carbocycles. The summed E-state index contributed by atoms with van der Waals surface area (Å²) in [7, 11) is 0. The van der Waals surface area contributed by atoms with Crippen LogP contribution in [0.25, 0.3) is 0 Å². The predicted octanol–water partition coefficient (Wildman–Crippen LogP) is 3.50. The molecule has 0 saturated carbocycles. The van der Waals surface area contributed by atoms with Crippen molar-refractivity contribution in [2.45, 2.75) is 38.3 Å². The van der Waals surface area contributed by atoms with Crippen LogP contribution in [0.2, 0.25) is 0 Å². The Morgan fingerprint density at radius 1 is 0.879 bits per heavy atom. The van der Waals surface area contributed by atoms with E-state index in [1.165, 1.54) is 43.5 Å². The number of hydrogen-bond donors (Lipinski definition) is 1. The summed E-state index contributed by atoms with van der Waals surface area (Å²) in [5.74, 6) is 1.68. The first-order chi connectivity index (χ1) is 16.1. The molecule has 6 heteroatoms. The molecule has 2 aliphatic heterocycles. The molecule has 0 amide bonds. The molecule has 0 spiro atoms. The molecule has 0 radical (unpaired) electrons. The average molecular weight is 455 g/mol. The standard InChI is InChI=1S/C27H38N2O4/c1-23-5-9-26(10-6-23)33-22-27(30)20-29(15-17-31-21-27)19-24-7-11-25(12-8-24)32-18-16-28-13-3-2-4-14-28/h5-12,30H,2-4,13-22H2,1H3/t27-/m1/s1. The van der Waals surface area contributed by atoms with Crippen LogP contribution in [0, 0.1) is 6.92 Å². The van der Waals surface area contributed by atoms with E-state index in [9.17, 15) is 5.11 Å². The lowest BCUT2D eigenvalue weighted by Crippen LogP contribution is -2.48. The minimum Gasteiger partial charge on any atom is -0.492 e. The van der Waals surface area contributed by atoms with E-state index in [1.807, 2.05) is 43.3 Å². The van der Waals surface area contributed by atoms with Crippen LogP contribution in [0.15, 0.2) is 48.5 Å². The van der Waals surface area contributed by atoms with Crippen molar-refractivity contribution >= 4 is 0 Å². The fourth-order valence-electron chi connectivity index (χ4n) is 4.50. The van der Waals surface area contributed by atoms with Gasteiger partial charge in [-0.3, -0.25) is 9.80 Å². The van der Waals surface area contributed by atoms with E-state index in [0.29, 0.717) is 13.2 Å². The molecule has 6 nitrogen and oxygen atoms in total. The number of aryl methyl sites for hydroxylation is 1. The molecular formula is C27H38N2O4. The summed E-state index contributed by atoms with van der Waals surface area (Å²) in [5, 5.41) is 11.1. The van der Waals surface area contributed by atoms with Crippen LogP contribution in [-0.4, -0.2) is 79.7 Å². The van der Waals surface area contributed by atoms with Gasteiger partial charge >= 0.3 is 0 Å². The Morgan fingerprint density at radius 2 is 1.58 bits per heavy atom. The molecule has 0 bridgehead atoms. The number of rotatable bonds is 9. The van der Waals surface area contributed by atoms with Gasteiger partial charge in [-0.2, -0.15) is 0 Å². The van der Waals surface area contributed by atoms with E-state index < -0.39 is 5.60 Å². The third kappa shape index (κ3) is 7.71. The molecule has 0 unspecified atom stereocenters. The number of aliphatic hydroxyl groups is 1. The van der Waals surface area contributed by atoms with Gasteiger partial charge in [0, 0.05) is 26.2 Å². The van der Waals surface area contributed by atoms with Gasteiger partial charge in [0.1, 0.15) is 30.3 Å². The number of nitrogens with zero attached hydrogens (tertiary/aromatic N) is 2. The Hall–Kier alpha value is -2.12. The van der Waals surface area contributed by atoms with Crippen LogP contribution in [0.5, 0.6) is 11.5 Å². The summed E-state index contributed by atoms with van der Waals surface area (Å²) in [6.45, 7) is 9.30. The fraction of sp³-hybridized carbons (Fsp3) is 0.556. The van der Waals surface area contributed by atoms with Gasteiger partial charge in [0.05, 0.1) is 13.2 Å². The Kier molecular flexibility index (Phi) is 8.62. The molecule has 1 atom stereocenters. The fourth-order valence-corrected chi connectivity index (χ4v) is 4.50. The SMILES string of the molecule is Cc1ccc(OC[C@]2(O)COCCN(Cc3ccc(OCCN4CCCCC4)cc3)C2)cc1. The normalized spacial score (nSPS) is 22.6. The Balaban J connectivity index is 1.25. The van der Waals surface area contributed by atoms with E-state index in [0.717, 1.165) is 37.7 Å². The van der Waals surface area contributed by atoms with E-state index in [2.05, 4.69) is 21.9 Å². The van der Waals surface area contributed by atoms with E-state index >= 15 is 0 Å². The maximum atomic E-state index is 11.1. The highest BCUT2D eigenvalue weighted by Gasteiger charge is 2.33. The van der Waals surface area contributed by atoms with Crippen molar-refractivity contribution in [2.24, 2.45) is 0 Å². The highest BCUT2D eigenvalue weighted by atomic mass is 16.5. The highest BCUT2D eigenvalue weighted by molar-refractivity contribution is 5.28. The van der Waals surface area contributed by atoms with Crippen LogP contribution < -0.4 is 9.47 Å². The van der Waals surface area contributed by atoms with Crippen molar-refractivity contribution in [3.63, 3.8) is 0 Å². The second-order valence-corrected chi connectivity index (χ2v) is 9.48. The van der Waals surface area contributed by atoms with Gasteiger partial charge in [-0.1, -0.05) is 36.2 Å². The van der Waals surface area contributed by atoms with E-state index in [4.69, 9.17) is 14.2 Å². The predicted molar refractivity (Wildman–Crippen MR) is 130 cm³/mol. The molecule has 0 aliphatic carbocycles. The molecule has 180 valence electrons. The number of likely N-dealkylation sites (tertiary alicyclic amines) is 1. The minimum absolute atomic E-state index is 0.205. The van der Waals surface area contributed by atoms with Crippen molar-refractivity contribution in [1.82, 2.24) is 9.80 Å². The molecule has 4 rings (SSSR count). The number of hydrogen-bond acceptors (Lipinski definition) is 6. The summed E-state index contributed by atoms with van der Waals surface area (Å²) in [4.78, 5) is 4.72. The Bertz CT molecular complexity index is 836. The number of β-amino-alcohol motifs (C(OH)–C–C–N with tert-alkyl or cyclic N) is 1. The van der Waals surface area contributed by atoms with Crippen LogP contribution in [0.1, 0.15) is 30.4 Å². The lowest BCUT2D eigenvalue weighted by Gasteiger charge is -2.30. The third-order valence-electron chi connectivity index (χ3n) is 6.42. The monoisotopic (exact) mass is 454 g/mol. The zero-order valence-corrected chi connectivity index (χ0v) is 19.9. The number of benzene rings is 2. The van der Waals surface area contributed by atoms with Crippen LogP contribution >= 0.6 is 0 Å². The zero-order chi connectivity index (χ0) is 22.9. The molecule has 2 aliphatic rings. The quantitative estimate of drug-likeness (QED) is 0.626. The van der Waals surface area contributed by atoms with Crippen molar-refractivity contribution < 1.29 is 19.3 Å². The van der Waals surface area contributed by atoms with Crippen LogP contribution in [0.4, 0.5) is 0 Å². The van der Waals surface area contributed by atoms with Crippen molar-refractivity contribution in [2.75, 3.05) is 59.2 Å². The Labute approximate surface area is 198 Å². The second kappa shape index (κ2) is 11.8. The molecule has 2 fully saturated rings. The van der Waals surface area contributed by atoms with Crippen molar-refractivity contribution in [3.8, 4) is 11.5 Å². The molecular weight excluding hydrogens is 416 g/mol. The lowest BCUT2D eigenvalue weighted by molar-refractivity contribution is -0.0646. The van der Waals surface area contributed by atoms with Gasteiger partial charge in [0.2, 0.25) is 0 Å². The van der Waals surface area contributed by atoms with Gasteiger partial charge in [-0.15, -0.1) is 0 Å². The molecule has 33 heavy (non-hydrogen) atoms. The minimum atomic E-state index is -1.04. The van der Waals surface area contributed by atoms with Gasteiger partial charge in [-0.05, 0) is 62.7 Å². The lowest BCUT2D eigenvalue weighted by atomic mass is 10.1. The molecule has 2 aromatic rings. The summed E-state index contributed by atoms with van der Waals surface area (Å²) in [5.41, 5.74) is 1.34. The molecule has 1 N–H and O–H groups in total. The first kappa shape index (κ1) is 24.0. The summed E-state index contributed by atoms with van der Waals surface area (Å²) >= 11 is 0. The second-order valence-electron chi connectivity index (χ2n) is 9.48. The van der Waals surface area contributed by atoms with Gasteiger partial charge < -0.3 is 19.3 Å². The zero-order valence-electron chi connectivity index (χ0n) is 19.9. The molecule has 2 saturated heterocycles. The summed E-state index contributed by atoms with van der Waals surface area (Å²) in [6, 6.07) is 16.2. The van der Waals surface area contributed by atoms with E-state index in [-0.39, 0.29) is 13.2 Å². The molecule has 0 aromatic heterocycles. The van der Waals surface area contributed by atoms with Crippen molar-refractivity contribution in [1.29, 1.82) is 0 Å². The maximum absolute atomic E-state index is 11.1. The van der Waals surface area contributed by atoms with E-state index in [1.54, 1.807) is 0 Å². The highest BCUT2D eigenvalue weighted by Crippen LogP contribution is 2.20. The molecule has 2 heterocycles. The maximum Gasteiger partial charge on any atom is 0.134 e. The average Bonchev–Trinajstić information content (AvgIpc) is 3.02. The first-order valence-electron chi connectivity index (χ1n) is 12.2. The first-order valence-corrected chi connectivity index (χ1v) is 12.2. The van der Waals surface area contributed by atoms with Gasteiger partial charge in [0.15, 0.2) is 0 Å². The third-order valence-corrected chi connectivity index (χ3v) is 6.42. The van der Waals surface area contributed by atoms with Gasteiger partial charge in [-0.25, -0.2) is 0 Å². The van der Waals surface area contributed by atoms with Gasteiger partial charge in [0.25, 0.3) is 0 Å².